The van der Waals surface area contributed by atoms with Crippen LogP contribution in [0.4, 0.5) is 0 Å². The number of benzene rings is 2. The number of furan rings is 1. The Balaban J connectivity index is 0.000000301. The summed E-state index contributed by atoms with van der Waals surface area (Å²) in [6.45, 7) is 18.8. The van der Waals surface area contributed by atoms with Crippen molar-refractivity contribution in [2.45, 2.75) is 93.4 Å². The third-order valence-electron chi connectivity index (χ3n) is 10.1. The Kier molecular flexibility index (Phi) is 12.6. The molecular weight excluding hydrogens is 773 g/mol. The van der Waals surface area contributed by atoms with E-state index in [-0.39, 0.29) is 47.9 Å². The molecule has 0 saturated heterocycles. The summed E-state index contributed by atoms with van der Waals surface area (Å²) < 4.78 is 7.43. The number of ketones is 1. The van der Waals surface area contributed by atoms with E-state index in [9.17, 15) is 9.90 Å². The van der Waals surface area contributed by atoms with E-state index >= 15 is 0 Å². The predicted octanol–water partition coefficient (Wildman–Crippen LogP) is 11.0. The van der Waals surface area contributed by atoms with Gasteiger partial charge in [-0.2, -0.15) is 0 Å². The first-order chi connectivity index (χ1) is 22.2. The Hall–Kier alpha value is -3.73. The minimum absolute atomic E-state index is 0. The fourth-order valence-corrected chi connectivity index (χ4v) is 5.62. The molecule has 0 amide bonds. The second kappa shape index (κ2) is 15.7. The zero-order valence-electron chi connectivity index (χ0n) is 30.0. The van der Waals surface area contributed by atoms with Crippen LogP contribution in [0.3, 0.4) is 0 Å². The van der Waals surface area contributed by atoms with Crippen LogP contribution in [0.15, 0.2) is 89.5 Å². The number of allylic oxidation sites excluding steroid dienone is 2. The van der Waals surface area contributed by atoms with Crippen LogP contribution in [0.25, 0.3) is 44.3 Å². The van der Waals surface area contributed by atoms with Crippen LogP contribution in [-0.4, -0.2) is 15.9 Å². The molecule has 0 spiro atoms. The van der Waals surface area contributed by atoms with E-state index in [2.05, 4.69) is 75.3 Å². The van der Waals surface area contributed by atoms with Gasteiger partial charge in [0, 0.05) is 61.9 Å². The van der Waals surface area contributed by atoms with Gasteiger partial charge in [-0.1, -0.05) is 91.5 Å². The number of hydrogen-bond acceptors (Lipinski definition) is 4. The first-order valence-corrected chi connectivity index (χ1v) is 16.8. The van der Waals surface area contributed by atoms with Gasteiger partial charge in [0.25, 0.3) is 0 Å². The maximum atomic E-state index is 12.2. The van der Waals surface area contributed by atoms with Gasteiger partial charge in [-0.15, -0.1) is 29.1 Å². The third-order valence-corrected chi connectivity index (χ3v) is 10.1. The molecule has 1 N–H and O–H groups in total. The monoisotopic (exact) mass is 824 g/mol. The molecule has 0 bridgehead atoms. The normalized spacial score (nSPS) is 12.4. The summed E-state index contributed by atoms with van der Waals surface area (Å²) in [5, 5.41) is 12.5. The summed E-state index contributed by atoms with van der Waals surface area (Å²) in [5.41, 5.74) is 6.47. The third kappa shape index (κ3) is 8.28. The minimum Gasteiger partial charge on any atom is -0.512 e. The average molecular weight is 824 g/mol. The number of fused-ring (bicyclic) bond motifs is 2. The van der Waals surface area contributed by atoms with Crippen LogP contribution in [0.1, 0.15) is 93.6 Å². The molecule has 0 aliphatic carbocycles. The van der Waals surface area contributed by atoms with Crippen LogP contribution >= 0.6 is 0 Å². The van der Waals surface area contributed by atoms with Gasteiger partial charge >= 0.3 is 0 Å². The Morgan fingerprint density at radius 2 is 1.56 bits per heavy atom. The first-order valence-electron chi connectivity index (χ1n) is 16.8. The minimum atomic E-state index is -0.337. The van der Waals surface area contributed by atoms with E-state index in [1.807, 2.05) is 76.7 Å². The van der Waals surface area contributed by atoms with E-state index in [0.29, 0.717) is 0 Å². The molecule has 5 aromatic rings. The van der Waals surface area contributed by atoms with Crippen LogP contribution in [0.2, 0.25) is 0 Å². The molecule has 257 valence electrons. The average Bonchev–Trinajstić information content (AvgIpc) is 3.55. The second-order valence-corrected chi connectivity index (χ2v) is 14.1. The topological polar surface area (TPSA) is 67.2 Å². The van der Waals surface area contributed by atoms with Crippen molar-refractivity contribution in [2.75, 3.05) is 0 Å². The SMILES string of the molecule is CCC(C)(CC)C(=O)/C=C(\O)C(C)(CC)CC.[CH2-][n+]1ccc(-c2cnc3ccoc3c2)cc1-c1[c-]c2ccccc2c(C(C)(C)C)c1.[Ir]. The number of aliphatic hydroxyl groups excluding tert-OH is 1. The Morgan fingerprint density at radius 1 is 0.917 bits per heavy atom. The molecule has 0 unspecified atom stereocenters. The van der Waals surface area contributed by atoms with Crippen molar-refractivity contribution in [3.05, 3.63) is 104 Å². The molecule has 0 aliphatic rings. The molecule has 48 heavy (non-hydrogen) atoms. The Labute approximate surface area is 300 Å². The van der Waals surface area contributed by atoms with E-state index in [1.54, 1.807) is 6.26 Å². The molecule has 5 rings (SSSR count). The zero-order valence-corrected chi connectivity index (χ0v) is 32.4. The molecule has 1 radical (unpaired) electrons. The molecule has 0 fully saturated rings. The maximum absolute atomic E-state index is 12.2. The summed E-state index contributed by atoms with van der Waals surface area (Å²) in [6.07, 6.45) is 10.3. The maximum Gasteiger partial charge on any atom is 0.164 e. The van der Waals surface area contributed by atoms with Crippen molar-refractivity contribution >= 4 is 27.7 Å². The fraction of sp³-hybridized carbons (Fsp3) is 0.381. The number of pyridine rings is 2. The first kappa shape index (κ1) is 38.7. The van der Waals surface area contributed by atoms with Crippen molar-refractivity contribution in [3.63, 3.8) is 0 Å². The summed E-state index contributed by atoms with van der Waals surface area (Å²) in [6, 6.07) is 22.4. The van der Waals surface area contributed by atoms with Crippen molar-refractivity contribution in [3.8, 4) is 22.4 Å². The molecular formula is C42H51IrN2O3-. The van der Waals surface area contributed by atoms with Crippen LogP contribution in [-0.2, 0) is 30.3 Å². The van der Waals surface area contributed by atoms with Crippen molar-refractivity contribution in [1.82, 2.24) is 4.98 Å². The number of nitrogens with zero attached hydrogens (tertiary/aromatic N) is 2. The standard InChI is InChI=1S/C27H23N2O.C15H28O2.Ir/c1-27(2,3)23-14-20(13-19-7-5-6-8-22(19)23)25-15-18(9-11-29(25)4)21-16-26-24(28-17-21)10-12-30-26;1-7-14(5,8-2)12(16)11-13(17)15(6,9-3)10-4;/h5-12,14-17H,4H2,1-3H3;11,16H,7-10H2,1-6H3;/q-1;;/b;12-11-;. The second-order valence-electron chi connectivity index (χ2n) is 14.1. The number of aromatic nitrogens is 2. The van der Waals surface area contributed by atoms with Gasteiger partial charge < -0.3 is 14.1 Å². The van der Waals surface area contributed by atoms with Crippen molar-refractivity contribution in [1.29, 1.82) is 0 Å². The largest absolute Gasteiger partial charge is 0.512 e. The van der Waals surface area contributed by atoms with Gasteiger partial charge in [-0.05, 0) is 54.9 Å². The van der Waals surface area contributed by atoms with Gasteiger partial charge in [0.05, 0.1) is 12.5 Å². The summed E-state index contributed by atoms with van der Waals surface area (Å²) in [4.78, 5) is 16.7. The number of aliphatic hydroxyl groups is 1. The predicted molar refractivity (Wildman–Crippen MR) is 194 cm³/mol. The Bertz CT molecular complexity index is 1890. The number of carbonyl (C=O) groups excluding carboxylic acids is 1. The molecule has 3 aromatic heterocycles. The summed E-state index contributed by atoms with van der Waals surface area (Å²) in [7, 11) is 4.21. The summed E-state index contributed by atoms with van der Waals surface area (Å²) >= 11 is 0. The van der Waals surface area contributed by atoms with Crippen LogP contribution in [0, 0.1) is 23.9 Å². The van der Waals surface area contributed by atoms with Gasteiger partial charge in [0.2, 0.25) is 0 Å². The summed E-state index contributed by atoms with van der Waals surface area (Å²) in [5.74, 6) is 0.286. The molecule has 5 nitrogen and oxygen atoms in total. The number of rotatable bonds is 9. The molecule has 0 atom stereocenters. The van der Waals surface area contributed by atoms with Gasteiger partial charge in [0.1, 0.15) is 17.0 Å². The van der Waals surface area contributed by atoms with E-state index in [1.165, 1.54) is 17.0 Å². The van der Waals surface area contributed by atoms with E-state index in [4.69, 9.17) is 4.42 Å². The van der Waals surface area contributed by atoms with Gasteiger partial charge in [-0.3, -0.25) is 9.78 Å². The quantitative estimate of drug-likeness (QED) is 0.0696. The molecule has 2 aromatic carbocycles. The fourth-order valence-electron chi connectivity index (χ4n) is 5.62. The zero-order chi connectivity index (χ0) is 34.6. The van der Waals surface area contributed by atoms with Crippen molar-refractivity contribution in [2.24, 2.45) is 10.8 Å². The smallest absolute Gasteiger partial charge is 0.164 e. The molecule has 0 aliphatic heterocycles. The molecule has 6 heteroatoms. The molecule has 0 saturated carbocycles. The van der Waals surface area contributed by atoms with Crippen molar-refractivity contribution < 1.29 is 39.0 Å². The van der Waals surface area contributed by atoms with E-state index in [0.717, 1.165) is 64.6 Å². The van der Waals surface area contributed by atoms with E-state index < -0.39 is 0 Å². The van der Waals surface area contributed by atoms with Crippen LogP contribution < -0.4 is 4.57 Å². The molecule has 3 heterocycles. The number of carbonyl (C=O) groups is 1. The Morgan fingerprint density at radius 3 is 2.19 bits per heavy atom. The number of hydrogen-bond donors (Lipinski definition) is 1. The van der Waals surface area contributed by atoms with Crippen LogP contribution in [0.5, 0.6) is 0 Å². The van der Waals surface area contributed by atoms with Gasteiger partial charge in [-0.25, -0.2) is 0 Å². The van der Waals surface area contributed by atoms with Gasteiger partial charge in [0.15, 0.2) is 11.4 Å².